The third-order valence-corrected chi connectivity index (χ3v) is 4.03. The molecule has 0 aromatic carbocycles. The second kappa shape index (κ2) is 11.6. The van der Waals surface area contributed by atoms with Gasteiger partial charge in [-0.25, -0.2) is 0 Å². The molecule has 1 aliphatic heterocycles. The summed E-state index contributed by atoms with van der Waals surface area (Å²) in [6, 6.07) is 0. The van der Waals surface area contributed by atoms with E-state index in [2.05, 4.69) is 43.4 Å². The minimum Gasteiger partial charge on any atom is -0.396 e. The average molecular weight is 329 g/mol. The summed E-state index contributed by atoms with van der Waals surface area (Å²) in [5.74, 6) is 1.91. The quantitative estimate of drug-likeness (QED) is 0.434. The fourth-order valence-corrected chi connectivity index (χ4v) is 2.90. The predicted octanol–water partition coefficient (Wildman–Crippen LogP) is 0.917. The Morgan fingerprint density at radius 1 is 1.39 bits per heavy atom. The number of aliphatic hydroxyl groups is 1. The summed E-state index contributed by atoms with van der Waals surface area (Å²) in [4.78, 5) is 6.99. The maximum absolute atomic E-state index is 9.22. The van der Waals surface area contributed by atoms with E-state index in [-0.39, 0.29) is 12.7 Å². The molecule has 0 bridgehead atoms. The Labute approximate surface area is 141 Å². The fourth-order valence-electron chi connectivity index (χ4n) is 2.90. The zero-order chi connectivity index (χ0) is 17.1. The fraction of sp³-hybridized carbons (Fsp3) is 0.941. The van der Waals surface area contributed by atoms with Gasteiger partial charge in [0.2, 0.25) is 0 Å². The van der Waals surface area contributed by atoms with Gasteiger partial charge in [0.15, 0.2) is 5.96 Å². The van der Waals surface area contributed by atoms with Crippen LogP contribution in [0.5, 0.6) is 0 Å². The molecule has 0 spiro atoms. The predicted molar refractivity (Wildman–Crippen MR) is 95.9 cm³/mol. The van der Waals surface area contributed by atoms with Crippen molar-refractivity contribution in [3.05, 3.63) is 0 Å². The van der Waals surface area contributed by atoms with Crippen molar-refractivity contribution in [1.82, 2.24) is 15.5 Å². The van der Waals surface area contributed by atoms with Crippen LogP contribution in [0.1, 0.15) is 33.6 Å². The van der Waals surface area contributed by atoms with Crippen LogP contribution in [-0.2, 0) is 4.74 Å². The minimum absolute atomic E-state index is 0.210. The van der Waals surface area contributed by atoms with Crippen LogP contribution in [0.2, 0.25) is 0 Å². The Bertz CT molecular complexity index is 337. The number of aliphatic imine (C=N–C) groups is 1. The highest BCUT2D eigenvalue weighted by atomic mass is 16.5. The van der Waals surface area contributed by atoms with Crippen molar-refractivity contribution >= 4 is 5.96 Å². The Morgan fingerprint density at radius 3 is 2.78 bits per heavy atom. The van der Waals surface area contributed by atoms with Gasteiger partial charge in [-0.1, -0.05) is 13.8 Å². The lowest BCUT2D eigenvalue weighted by atomic mass is 9.94. The summed E-state index contributed by atoms with van der Waals surface area (Å²) in [5, 5.41) is 15.9. The molecule has 6 nitrogen and oxygen atoms in total. The van der Waals surface area contributed by atoms with Crippen molar-refractivity contribution in [3.63, 3.8) is 0 Å². The van der Waals surface area contributed by atoms with E-state index in [1.54, 1.807) is 0 Å². The first kappa shape index (κ1) is 20.2. The summed E-state index contributed by atoms with van der Waals surface area (Å²) < 4.78 is 5.77. The molecular formula is C17H36N4O2. The topological polar surface area (TPSA) is 69.1 Å². The van der Waals surface area contributed by atoms with Crippen molar-refractivity contribution < 1.29 is 9.84 Å². The third kappa shape index (κ3) is 9.13. The van der Waals surface area contributed by atoms with Crippen molar-refractivity contribution in [2.24, 2.45) is 16.8 Å². The minimum atomic E-state index is 0.210. The SMILES string of the molecule is CCNC(=NCC(CCO)CC(C)C)NCC1CN(C)CCO1. The first-order valence-electron chi connectivity index (χ1n) is 8.98. The lowest BCUT2D eigenvalue weighted by Crippen LogP contribution is -2.48. The number of hydrogen-bond acceptors (Lipinski definition) is 4. The molecule has 2 atom stereocenters. The van der Waals surface area contributed by atoms with E-state index in [1.165, 1.54) is 0 Å². The van der Waals surface area contributed by atoms with Crippen molar-refractivity contribution in [2.45, 2.75) is 39.7 Å². The number of likely N-dealkylation sites (N-methyl/N-ethyl adjacent to an activating group) is 1. The molecule has 0 radical (unpaired) electrons. The van der Waals surface area contributed by atoms with Crippen LogP contribution in [-0.4, -0.2) is 75.1 Å². The second-order valence-corrected chi connectivity index (χ2v) is 6.86. The van der Waals surface area contributed by atoms with Gasteiger partial charge in [-0.15, -0.1) is 0 Å². The standard InChI is InChI=1S/C17H36N4O2/c1-5-18-17(19-11-15(6-8-22)10-14(2)3)20-12-16-13-21(4)7-9-23-16/h14-16,22H,5-13H2,1-4H3,(H2,18,19,20). The van der Waals surface area contributed by atoms with Gasteiger partial charge in [-0.3, -0.25) is 4.99 Å². The first-order valence-corrected chi connectivity index (χ1v) is 8.98. The summed E-state index contributed by atoms with van der Waals surface area (Å²) in [7, 11) is 2.13. The van der Waals surface area contributed by atoms with Gasteiger partial charge in [-0.05, 0) is 38.6 Å². The number of morpholine rings is 1. The van der Waals surface area contributed by atoms with E-state index in [4.69, 9.17) is 9.73 Å². The van der Waals surface area contributed by atoms with Crippen LogP contribution in [0.25, 0.3) is 0 Å². The largest absolute Gasteiger partial charge is 0.396 e. The maximum atomic E-state index is 9.22. The molecule has 1 saturated heterocycles. The molecule has 23 heavy (non-hydrogen) atoms. The number of nitrogens with zero attached hydrogens (tertiary/aromatic N) is 2. The lowest BCUT2D eigenvalue weighted by molar-refractivity contribution is -0.0161. The molecule has 0 aromatic heterocycles. The van der Waals surface area contributed by atoms with Gasteiger partial charge in [0.05, 0.1) is 12.7 Å². The highest BCUT2D eigenvalue weighted by Gasteiger charge is 2.18. The molecule has 136 valence electrons. The van der Waals surface area contributed by atoms with Crippen molar-refractivity contribution in [1.29, 1.82) is 0 Å². The molecule has 1 rings (SSSR count). The number of guanidine groups is 1. The van der Waals surface area contributed by atoms with E-state index in [1.807, 2.05) is 0 Å². The van der Waals surface area contributed by atoms with Gasteiger partial charge in [-0.2, -0.15) is 0 Å². The molecule has 2 unspecified atom stereocenters. The lowest BCUT2D eigenvalue weighted by Gasteiger charge is -2.30. The Morgan fingerprint density at radius 2 is 2.17 bits per heavy atom. The summed E-state index contributed by atoms with van der Waals surface area (Å²) in [5.41, 5.74) is 0. The van der Waals surface area contributed by atoms with Gasteiger partial charge in [0.1, 0.15) is 0 Å². The van der Waals surface area contributed by atoms with Crippen LogP contribution < -0.4 is 10.6 Å². The van der Waals surface area contributed by atoms with E-state index in [0.29, 0.717) is 11.8 Å². The van der Waals surface area contributed by atoms with E-state index >= 15 is 0 Å². The molecule has 1 fully saturated rings. The monoisotopic (exact) mass is 328 g/mol. The van der Waals surface area contributed by atoms with Gasteiger partial charge in [0.25, 0.3) is 0 Å². The van der Waals surface area contributed by atoms with Crippen LogP contribution in [0.3, 0.4) is 0 Å². The van der Waals surface area contributed by atoms with E-state index in [0.717, 1.165) is 58.1 Å². The maximum Gasteiger partial charge on any atom is 0.191 e. The molecule has 0 aliphatic carbocycles. The number of hydrogen-bond donors (Lipinski definition) is 3. The van der Waals surface area contributed by atoms with Crippen LogP contribution in [0.4, 0.5) is 0 Å². The molecule has 6 heteroatoms. The van der Waals surface area contributed by atoms with Crippen molar-refractivity contribution in [3.8, 4) is 0 Å². The highest BCUT2D eigenvalue weighted by Crippen LogP contribution is 2.15. The Hall–Kier alpha value is -0.850. The van der Waals surface area contributed by atoms with Gasteiger partial charge in [0, 0.05) is 39.3 Å². The van der Waals surface area contributed by atoms with E-state index < -0.39 is 0 Å². The summed E-state index contributed by atoms with van der Waals surface area (Å²) >= 11 is 0. The molecule has 0 aromatic rings. The summed E-state index contributed by atoms with van der Waals surface area (Å²) in [6.45, 7) is 11.8. The average Bonchev–Trinajstić information content (AvgIpc) is 2.49. The molecule has 1 aliphatic rings. The Balaban J connectivity index is 2.47. The molecule has 0 saturated carbocycles. The zero-order valence-electron chi connectivity index (χ0n) is 15.3. The molecular weight excluding hydrogens is 292 g/mol. The van der Waals surface area contributed by atoms with Crippen molar-refractivity contribution in [2.75, 3.05) is 53.0 Å². The van der Waals surface area contributed by atoms with Crippen LogP contribution >= 0.6 is 0 Å². The Kier molecular flexibility index (Phi) is 10.2. The zero-order valence-corrected chi connectivity index (χ0v) is 15.3. The number of rotatable bonds is 9. The van der Waals surface area contributed by atoms with E-state index in [9.17, 15) is 5.11 Å². The third-order valence-electron chi connectivity index (χ3n) is 4.03. The number of nitrogens with one attached hydrogen (secondary N) is 2. The first-order chi connectivity index (χ1) is 11.0. The highest BCUT2D eigenvalue weighted by molar-refractivity contribution is 5.79. The van der Waals surface area contributed by atoms with Gasteiger partial charge < -0.3 is 25.4 Å². The smallest absolute Gasteiger partial charge is 0.191 e. The molecule has 0 amide bonds. The van der Waals surface area contributed by atoms with Gasteiger partial charge >= 0.3 is 0 Å². The number of ether oxygens (including phenoxy) is 1. The second-order valence-electron chi connectivity index (χ2n) is 6.86. The molecule has 3 N–H and O–H groups in total. The van der Waals surface area contributed by atoms with Crippen LogP contribution in [0, 0.1) is 11.8 Å². The molecule has 1 heterocycles. The normalized spacial score (nSPS) is 21.5. The summed E-state index contributed by atoms with van der Waals surface area (Å²) in [6.07, 6.45) is 2.12. The van der Waals surface area contributed by atoms with Crippen LogP contribution in [0.15, 0.2) is 4.99 Å². The number of aliphatic hydroxyl groups excluding tert-OH is 1.